The van der Waals surface area contributed by atoms with Crippen LogP contribution in [0.4, 0.5) is 0 Å². The molecule has 0 unspecified atom stereocenters. The number of benzene rings is 5. The topological polar surface area (TPSA) is 19.4 Å². The van der Waals surface area contributed by atoms with Crippen molar-refractivity contribution in [1.29, 1.82) is 0 Å². The van der Waals surface area contributed by atoms with Gasteiger partial charge in [0, 0.05) is 97.3 Å². The molecule has 5 heterocycles. The van der Waals surface area contributed by atoms with E-state index in [0.29, 0.717) is 16.7 Å². The number of aryl methyl sites for hydroxylation is 17. The third-order valence-corrected chi connectivity index (χ3v) is 15.4. The summed E-state index contributed by atoms with van der Waals surface area (Å²) < 4.78 is 78.2. The molecule has 5 nitrogen and oxygen atoms in total. The number of aromatic nitrogens is 5. The van der Waals surface area contributed by atoms with Gasteiger partial charge < -0.3 is 0 Å². The maximum Gasteiger partial charge on any atom is 0.215 e. The second-order valence-electron chi connectivity index (χ2n) is 21.5. The number of pyridine rings is 5. The molecule has 0 amide bonds. The first-order valence-corrected chi connectivity index (χ1v) is 27.9. The van der Waals surface area contributed by atoms with Crippen molar-refractivity contribution in [3.05, 3.63) is 266 Å². The van der Waals surface area contributed by atoms with E-state index < -0.39 is 20.6 Å². The van der Waals surface area contributed by atoms with E-state index in [9.17, 15) is 0 Å². The van der Waals surface area contributed by atoms with Crippen molar-refractivity contribution in [1.82, 2.24) is 0 Å². The Morgan fingerprint density at radius 3 is 1.20 bits per heavy atom. The van der Waals surface area contributed by atoms with Gasteiger partial charge >= 0.3 is 0 Å². The first kappa shape index (κ1) is 49.9. The zero-order valence-electron chi connectivity index (χ0n) is 60.3. The van der Waals surface area contributed by atoms with Crippen LogP contribution in [0.3, 0.4) is 0 Å². The Labute approximate surface area is 500 Å². The number of hydrogen-bond acceptors (Lipinski definition) is 0. The highest BCUT2D eigenvalue weighted by atomic mass is 14.9. The van der Waals surface area contributed by atoms with E-state index in [1.165, 1.54) is 67.0 Å². The van der Waals surface area contributed by atoms with Crippen molar-refractivity contribution in [2.45, 2.75) is 110 Å². The minimum absolute atomic E-state index is 0.379. The number of nitrogens with zero attached hydrogens (tertiary/aromatic N) is 5. The van der Waals surface area contributed by atoms with Gasteiger partial charge in [-0.25, -0.2) is 22.8 Å². The van der Waals surface area contributed by atoms with Gasteiger partial charge in [0.15, 0.2) is 31.0 Å². The Balaban J connectivity index is 0.000000180. The largest absolute Gasteiger partial charge is 0.215 e. The van der Waals surface area contributed by atoms with Gasteiger partial charge in [0.1, 0.15) is 35.2 Å². The Hall–Kier alpha value is -8.15. The average molecular weight is 1080 g/mol. The average Bonchev–Trinajstić information content (AvgIpc) is 0.926. The molecule has 0 N–H and O–H groups in total. The molecule has 0 saturated carbocycles. The van der Waals surface area contributed by atoms with Crippen molar-refractivity contribution in [2.24, 2.45) is 35.2 Å². The van der Waals surface area contributed by atoms with Crippen LogP contribution in [-0.4, -0.2) is 0 Å². The van der Waals surface area contributed by atoms with E-state index in [-0.39, 0.29) is 0 Å². The highest BCUT2D eigenvalue weighted by molar-refractivity contribution is 5.67. The maximum absolute atomic E-state index is 7.64. The maximum atomic E-state index is 7.64. The first-order chi connectivity index (χ1) is 42.2. The monoisotopic (exact) mass is 1080 g/mol. The van der Waals surface area contributed by atoms with Crippen molar-refractivity contribution < 1.29 is 35.2 Å². The fraction of sp³-hybridized carbons (Fsp3) is 0.276. The minimum atomic E-state index is -2.07. The van der Waals surface area contributed by atoms with Gasteiger partial charge in [-0.15, -0.1) is 0 Å². The van der Waals surface area contributed by atoms with E-state index in [2.05, 4.69) is 194 Å². The zero-order valence-corrected chi connectivity index (χ0v) is 51.3. The van der Waals surface area contributed by atoms with E-state index in [1.807, 2.05) is 105 Å². The lowest BCUT2D eigenvalue weighted by Gasteiger charge is -2.10. The van der Waals surface area contributed by atoms with Crippen LogP contribution in [0.2, 0.25) is 0 Å². The van der Waals surface area contributed by atoms with Crippen LogP contribution < -0.4 is 22.8 Å². The van der Waals surface area contributed by atoms with Crippen molar-refractivity contribution in [3.8, 4) is 56.3 Å². The first-order valence-electron chi connectivity index (χ1n) is 32.4. The van der Waals surface area contributed by atoms with Crippen LogP contribution in [0.15, 0.2) is 183 Å². The fourth-order valence-corrected chi connectivity index (χ4v) is 10.4. The van der Waals surface area contributed by atoms with Crippen LogP contribution in [0, 0.1) is 96.7 Å². The Morgan fingerprint density at radius 1 is 0.309 bits per heavy atom. The summed E-state index contributed by atoms with van der Waals surface area (Å²) in [6.45, 7) is 18.5. The molecule has 0 radical (unpaired) electrons. The molecule has 0 fully saturated rings. The predicted octanol–water partition coefficient (Wildman–Crippen LogP) is 15.8. The molecule has 0 aliphatic carbocycles. The molecule has 10 rings (SSSR count). The summed E-state index contributed by atoms with van der Waals surface area (Å²) in [4.78, 5) is 0. The van der Waals surface area contributed by atoms with E-state index >= 15 is 0 Å². The highest BCUT2D eigenvalue weighted by Gasteiger charge is 2.20. The summed E-state index contributed by atoms with van der Waals surface area (Å²) >= 11 is 0. The van der Waals surface area contributed by atoms with E-state index in [0.717, 1.165) is 62.4 Å². The molecule has 5 aromatic carbocycles. The SMILES string of the molecule is CCc1ccc(-c2ccccc2C)[n+](C)c1.Cc1ccccc1-c1c(C)c(C)cc[n+]1C.[2H]C([2H])([2H])c1c[n+](C)c(-c2ccccc2C)c(C)c1C.[2H]C([2H])([2H])c1c[n+](C)c(-c2ccccc2C)cc1C.[2H]C([2H])([2H])c1cc(C)c(-c2ccccc2C)[n+](C)c1. The summed E-state index contributed by atoms with van der Waals surface area (Å²) in [6.07, 6.45) is 10.6. The third kappa shape index (κ3) is 15.4. The zero-order chi connectivity index (χ0) is 66.7. The standard InChI is InChI=1S/C16H20N.4C15H18N/c1-11-8-6-7-9-15(11)16-14(4)13(3)12(2)10-17(16)5;1-11-9-13(3)15(16(4)10-11)14-8-6-5-7-12(14)2;1-11-7-5-6-8-14(11)15-9-12(2)13(3)10-16(15)4;1-11-9-10-16(4)15(13(11)3)14-8-6-5-7-12(14)2;1-4-13-9-10-15(16(3)11-13)14-8-6-5-7-12(14)2/h6-10H,1-5H3;3*5-10H,1-4H3;5-11H,4H2,1-3H3/q5*+1/i2D3;1D3;3D3;;. The lowest BCUT2D eigenvalue weighted by molar-refractivity contribution is -0.661. The summed E-state index contributed by atoms with van der Waals surface area (Å²) in [5.74, 6) is 0. The summed E-state index contributed by atoms with van der Waals surface area (Å²) in [6, 6.07) is 51.7. The van der Waals surface area contributed by atoms with Gasteiger partial charge in [0.25, 0.3) is 0 Å². The van der Waals surface area contributed by atoms with Gasteiger partial charge in [0.2, 0.25) is 28.5 Å². The van der Waals surface area contributed by atoms with E-state index in [1.54, 1.807) is 24.7 Å². The van der Waals surface area contributed by atoms with Crippen LogP contribution >= 0.6 is 0 Å². The van der Waals surface area contributed by atoms with Crippen LogP contribution in [0.1, 0.15) is 103 Å². The molecule has 81 heavy (non-hydrogen) atoms. The van der Waals surface area contributed by atoms with E-state index in [4.69, 9.17) is 12.3 Å². The molecule has 0 spiro atoms. The summed E-state index contributed by atoms with van der Waals surface area (Å²) in [5, 5.41) is 0. The normalized spacial score (nSPS) is 12.6. The van der Waals surface area contributed by atoms with Crippen LogP contribution in [0.25, 0.3) is 56.3 Å². The Bertz CT molecular complexity index is 4130. The molecular weight excluding hydrogens is 983 g/mol. The highest BCUT2D eigenvalue weighted by Crippen LogP contribution is 2.28. The number of rotatable bonds is 6. The summed E-state index contributed by atoms with van der Waals surface area (Å²) in [7, 11) is 9.90. The molecule has 0 saturated heterocycles. The lowest BCUT2D eigenvalue weighted by atomic mass is 9.97. The Morgan fingerprint density at radius 2 is 0.741 bits per heavy atom. The molecular formula is C76H92N5+5. The lowest BCUT2D eigenvalue weighted by Crippen LogP contribution is -2.33. The van der Waals surface area contributed by atoms with Gasteiger partial charge in [-0.3, -0.25) is 0 Å². The van der Waals surface area contributed by atoms with Gasteiger partial charge in [-0.2, -0.15) is 0 Å². The third-order valence-electron chi connectivity index (χ3n) is 15.4. The van der Waals surface area contributed by atoms with Gasteiger partial charge in [-0.1, -0.05) is 97.9 Å². The quantitative estimate of drug-likeness (QED) is 0.148. The van der Waals surface area contributed by atoms with Crippen LogP contribution in [0.5, 0.6) is 0 Å². The molecule has 10 aromatic rings. The molecule has 416 valence electrons. The van der Waals surface area contributed by atoms with Gasteiger partial charge in [0.05, 0.1) is 0 Å². The Kier molecular flexibility index (Phi) is 17.4. The van der Waals surface area contributed by atoms with Crippen molar-refractivity contribution in [3.63, 3.8) is 0 Å². The molecule has 0 atom stereocenters. The van der Waals surface area contributed by atoms with Crippen molar-refractivity contribution >= 4 is 0 Å². The summed E-state index contributed by atoms with van der Waals surface area (Å²) in [5.41, 5.74) is 27.0. The fourth-order valence-electron chi connectivity index (χ4n) is 10.4. The van der Waals surface area contributed by atoms with Gasteiger partial charge in [-0.05, 0) is 190 Å². The second-order valence-corrected chi connectivity index (χ2v) is 21.5. The second kappa shape index (κ2) is 28.3. The molecule has 0 aliphatic rings. The smallest absolute Gasteiger partial charge is 0.201 e. The van der Waals surface area contributed by atoms with Crippen LogP contribution in [-0.2, 0) is 41.7 Å². The van der Waals surface area contributed by atoms with Crippen molar-refractivity contribution in [2.75, 3.05) is 0 Å². The molecule has 0 aliphatic heterocycles. The predicted molar refractivity (Wildman–Crippen MR) is 341 cm³/mol. The molecule has 5 heteroatoms. The minimum Gasteiger partial charge on any atom is -0.201 e. The number of hydrogen-bond donors (Lipinski definition) is 0. The molecule has 5 aromatic heterocycles. The molecule has 0 bridgehead atoms.